The third kappa shape index (κ3) is 4.49. The Bertz CT molecular complexity index is 350. The highest BCUT2D eigenvalue weighted by molar-refractivity contribution is 5.75. The molecule has 1 amide bonds. The van der Waals surface area contributed by atoms with Gasteiger partial charge in [-0.2, -0.15) is 0 Å². The fourth-order valence-corrected chi connectivity index (χ4v) is 2.31. The van der Waals surface area contributed by atoms with Gasteiger partial charge in [0.05, 0.1) is 0 Å². The van der Waals surface area contributed by atoms with Crippen molar-refractivity contribution in [3.05, 3.63) is 36.1 Å². The van der Waals surface area contributed by atoms with Crippen LogP contribution >= 0.6 is 0 Å². The number of carbonyl (C=O) groups excluding carboxylic acids is 1. The molecule has 3 heteroatoms. The lowest BCUT2D eigenvalue weighted by Gasteiger charge is -2.34. The van der Waals surface area contributed by atoms with Gasteiger partial charge in [-0.25, -0.2) is 0 Å². The summed E-state index contributed by atoms with van der Waals surface area (Å²) in [6.45, 7) is 7.63. The third-order valence-electron chi connectivity index (χ3n) is 3.15. The minimum absolute atomic E-state index is 0.134. The Kier molecular flexibility index (Phi) is 6.44. The maximum atomic E-state index is 11.8. The van der Waals surface area contributed by atoms with Crippen LogP contribution in [0.4, 0.5) is 0 Å². The molecule has 3 nitrogen and oxygen atoms in total. The molecular formula is C15H24N2O. The van der Waals surface area contributed by atoms with Gasteiger partial charge in [0.15, 0.2) is 0 Å². The van der Waals surface area contributed by atoms with Crippen molar-refractivity contribution in [1.82, 2.24) is 10.2 Å². The molecule has 0 atom stereocenters. The first kappa shape index (κ1) is 14.7. The first-order valence-corrected chi connectivity index (χ1v) is 6.63. The predicted molar refractivity (Wildman–Crippen MR) is 76.1 cm³/mol. The second-order valence-electron chi connectivity index (χ2n) is 4.59. The minimum Gasteiger partial charge on any atom is -0.317 e. The molecule has 0 aliphatic carbocycles. The van der Waals surface area contributed by atoms with Crippen LogP contribution in [0.15, 0.2) is 36.1 Å². The highest BCUT2D eigenvalue weighted by Gasteiger charge is 2.23. The Balaban J connectivity index is 2.73. The standard InChI is InChI=1S/C15H24N2O/c1-4-5-6-7-8-13(2)17(14(3)18)15-9-11-16-12-10-15/h4-8,15-16H,9-12H2,1-3H3/b5-4+,7-6-,13-8+. The van der Waals surface area contributed by atoms with E-state index in [0.717, 1.165) is 31.6 Å². The van der Waals surface area contributed by atoms with Crippen molar-refractivity contribution in [3.63, 3.8) is 0 Å². The maximum Gasteiger partial charge on any atom is 0.223 e. The first-order chi connectivity index (χ1) is 8.66. The number of hydrogen-bond donors (Lipinski definition) is 1. The summed E-state index contributed by atoms with van der Waals surface area (Å²) in [5, 5.41) is 3.33. The van der Waals surface area contributed by atoms with Gasteiger partial charge >= 0.3 is 0 Å². The average molecular weight is 248 g/mol. The Morgan fingerprint density at radius 2 is 1.83 bits per heavy atom. The molecule has 1 N–H and O–H groups in total. The summed E-state index contributed by atoms with van der Waals surface area (Å²) < 4.78 is 0. The number of nitrogens with zero attached hydrogens (tertiary/aromatic N) is 1. The second kappa shape index (κ2) is 7.88. The number of rotatable bonds is 4. The Morgan fingerprint density at radius 1 is 1.17 bits per heavy atom. The number of carbonyl (C=O) groups is 1. The minimum atomic E-state index is 0.134. The summed E-state index contributed by atoms with van der Waals surface area (Å²) in [7, 11) is 0. The molecule has 0 saturated carbocycles. The maximum absolute atomic E-state index is 11.8. The van der Waals surface area contributed by atoms with E-state index in [1.807, 2.05) is 49.1 Å². The summed E-state index contributed by atoms with van der Waals surface area (Å²) in [6, 6.07) is 0.343. The predicted octanol–water partition coefficient (Wildman–Crippen LogP) is 2.62. The van der Waals surface area contributed by atoms with Gasteiger partial charge in [0.2, 0.25) is 5.91 Å². The lowest BCUT2D eigenvalue weighted by atomic mass is 10.0. The van der Waals surface area contributed by atoms with E-state index in [9.17, 15) is 4.79 Å². The summed E-state index contributed by atoms with van der Waals surface area (Å²) in [5.74, 6) is 0.134. The van der Waals surface area contributed by atoms with Crippen molar-refractivity contribution >= 4 is 5.91 Å². The molecule has 0 aromatic rings. The Morgan fingerprint density at radius 3 is 2.39 bits per heavy atom. The summed E-state index contributed by atoms with van der Waals surface area (Å²) in [4.78, 5) is 13.7. The zero-order valence-corrected chi connectivity index (χ0v) is 11.6. The summed E-state index contributed by atoms with van der Waals surface area (Å²) >= 11 is 0. The van der Waals surface area contributed by atoms with E-state index < -0.39 is 0 Å². The quantitative estimate of drug-likeness (QED) is 0.776. The van der Waals surface area contributed by atoms with E-state index in [2.05, 4.69) is 5.32 Å². The van der Waals surface area contributed by atoms with E-state index in [0.29, 0.717) is 6.04 Å². The summed E-state index contributed by atoms with van der Waals surface area (Å²) in [5.41, 5.74) is 1.02. The number of hydrogen-bond acceptors (Lipinski definition) is 2. The van der Waals surface area contributed by atoms with Gasteiger partial charge < -0.3 is 10.2 Å². The van der Waals surface area contributed by atoms with Crippen molar-refractivity contribution in [3.8, 4) is 0 Å². The fraction of sp³-hybridized carbons (Fsp3) is 0.533. The molecule has 1 aliphatic heterocycles. The van der Waals surface area contributed by atoms with Gasteiger partial charge in [-0.3, -0.25) is 4.79 Å². The van der Waals surface area contributed by atoms with Crippen molar-refractivity contribution in [1.29, 1.82) is 0 Å². The zero-order chi connectivity index (χ0) is 13.4. The monoisotopic (exact) mass is 248 g/mol. The van der Waals surface area contributed by atoms with E-state index in [-0.39, 0.29) is 5.91 Å². The molecule has 0 bridgehead atoms. The van der Waals surface area contributed by atoms with E-state index >= 15 is 0 Å². The van der Waals surface area contributed by atoms with Gasteiger partial charge in [-0.15, -0.1) is 0 Å². The van der Waals surface area contributed by atoms with Crippen LogP contribution in [0.1, 0.15) is 33.6 Å². The van der Waals surface area contributed by atoms with Crippen molar-refractivity contribution in [2.24, 2.45) is 0 Å². The molecule has 0 aromatic heterocycles. The van der Waals surface area contributed by atoms with Crippen LogP contribution < -0.4 is 5.32 Å². The van der Waals surface area contributed by atoms with Gasteiger partial charge in [-0.05, 0) is 45.9 Å². The fourth-order valence-electron chi connectivity index (χ4n) is 2.31. The van der Waals surface area contributed by atoms with Crippen LogP contribution in [0.2, 0.25) is 0 Å². The molecule has 0 spiro atoms. The highest BCUT2D eigenvalue weighted by Crippen LogP contribution is 2.17. The number of nitrogens with one attached hydrogen (secondary N) is 1. The molecule has 1 saturated heterocycles. The van der Waals surface area contributed by atoms with Crippen molar-refractivity contribution in [2.45, 2.75) is 39.7 Å². The zero-order valence-electron chi connectivity index (χ0n) is 11.6. The van der Waals surface area contributed by atoms with Crippen LogP contribution in [0.25, 0.3) is 0 Å². The topological polar surface area (TPSA) is 32.3 Å². The third-order valence-corrected chi connectivity index (χ3v) is 3.15. The van der Waals surface area contributed by atoms with Gasteiger partial charge in [0, 0.05) is 18.7 Å². The molecule has 1 rings (SSSR count). The van der Waals surface area contributed by atoms with E-state index in [1.54, 1.807) is 6.92 Å². The molecule has 1 aliphatic rings. The molecular weight excluding hydrogens is 224 g/mol. The molecule has 1 heterocycles. The van der Waals surface area contributed by atoms with Crippen LogP contribution in [-0.2, 0) is 4.79 Å². The first-order valence-electron chi connectivity index (χ1n) is 6.63. The van der Waals surface area contributed by atoms with Crippen LogP contribution in [-0.4, -0.2) is 29.9 Å². The molecule has 0 aromatic carbocycles. The smallest absolute Gasteiger partial charge is 0.223 e. The Labute approximate surface area is 110 Å². The van der Waals surface area contributed by atoms with Gasteiger partial charge in [-0.1, -0.05) is 24.3 Å². The normalized spacial score (nSPS) is 18.7. The average Bonchev–Trinajstić information content (AvgIpc) is 2.36. The van der Waals surface area contributed by atoms with Crippen molar-refractivity contribution < 1.29 is 4.79 Å². The molecule has 0 unspecified atom stereocenters. The van der Waals surface area contributed by atoms with Crippen LogP contribution in [0, 0.1) is 0 Å². The SMILES string of the molecule is C/C=C/C=C\C=C(/C)N(C(C)=O)C1CCNCC1. The van der Waals surface area contributed by atoms with E-state index in [1.165, 1.54) is 0 Å². The highest BCUT2D eigenvalue weighted by atomic mass is 16.2. The van der Waals surface area contributed by atoms with Gasteiger partial charge in [0.25, 0.3) is 0 Å². The lowest BCUT2D eigenvalue weighted by molar-refractivity contribution is -0.129. The van der Waals surface area contributed by atoms with Gasteiger partial charge in [0.1, 0.15) is 0 Å². The number of amides is 1. The Hall–Kier alpha value is -1.35. The molecule has 100 valence electrons. The van der Waals surface area contributed by atoms with Crippen LogP contribution in [0.5, 0.6) is 0 Å². The largest absolute Gasteiger partial charge is 0.317 e. The van der Waals surface area contributed by atoms with E-state index in [4.69, 9.17) is 0 Å². The lowest BCUT2D eigenvalue weighted by Crippen LogP contribution is -2.44. The molecule has 1 fully saturated rings. The number of piperidine rings is 1. The molecule has 0 radical (unpaired) electrons. The molecule has 18 heavy (non-hydrogen) atoms. The number of allylic oxidation sites excluding steroid dienone is 6. The van der Waals surface area contributed by atoms with Crippen molar-refractivity contribution in [2.75, 3.05) is 13.1 Å². The van der Waals surface area contributed by atoms with Crippen LogP contribution in [0.3, 0.4) is 0 Å². The summed E-state index contributed by atoms with van der Waals surface area (Å²) in [6.07, 6.45) is 12.0. The second-order valence-corrected chi connectivity index (χ2v) is 4.59.